The zero-order valence-electron chi connectivity index (χ0n) is 10.7. The molecule has 0 unspecified atom stereocenters. The molecule has 0 saturated carbocycles. The number of anilines is 1. The predicted octanol–water partition coefficient (Wildman–Crippen LogP) is 2.57. The average molecular weight is 337 g/mol. The molecule has 1 heterocycles. The fraction of sp³-hybridized carbons (Fsp3) is 0.273. The quantitative estimate of drug-likeness (QED) is 0.928. The van der Waals surface area contributed by atoms with Crippen LogP contribution in [0, 0.1) is 0 Å². The number of hydrogen-bond donors (Lipinski definition) is 1. The molecule has 0 spiro atoms. The van der Waals surface area contributed by atoms with Gasteiger partial charge in [-0.2, -0.15) is 22.5 Å². The van der Waals surface area contributed by atoms with E-state index in [0.717, 1.165) is 6.26 Å². The van der Waals surface area contributed by atoms with Gasteiger partial charge in [0.2, 0.25) is 11.0 Å². The minimum atomic E-state index is -4.56. The van der Waals surface area contributed by atoms with Gasteiger partial charge in [-0.1, -0.05) is 12.1 Å². The number of nitrogens with one attached hydrogen (secondary N) is 1. The Bertz CT molecular complexity index is 724. The van der Waals surface area contributed by atoms with Crippen LogP contribution in [0.2, 0.25) is 0 Å². The van der Waals surface area contributed by atoms with Gasteiger partial charge in [0.05, 0.1) is 4.90 Å². The topological polar surface area (TPSA) is 72.0 Å². The Kier molecular flexibility index (Phi) is 4.19. The summed E-state index contributed by atoms with van der Waals surface area (Å²) >= 11 is 0.615. The zero-order chi connectivity index (χ0) is 15.7. The molecule has 0 fully saturated rings. The Morgan fingerprint density at radius 1 is 1.24 bits per heavy atom. The lowest BCUT2D eigenvalue weighted by Gasteiger charge is -2.04. The second-order valence-corrected chi connectivity index (χ2v) is 6.96. The van der Waals surface area contributed by atoms with Gasteiger partial charge in [0.25, 0.3) is 0 Å². The lowest BCUT2D eigenvalue weighted by molar-refractivity contribution is -0.144. The van der Waals surface area contributed by atoms with Crippen LogP contribution < -0.4 is 5.32 Å². The summed E-state index contributed by atoms with van der Waals surface area (Å²) in [5.74, 6) is -1.18. The van der Waals surface area contributed by atoms with Crippen LogP contribution in [0.3, 0.4) is 0 Å². The van der Waals surface area contributed by atoms with Crippen molar-refractivity contribution in [2.24, 2.45) is 0 Å². The summed E-state index contributed by atoms with van der Waals surface area (Å²) in [5, 5.41) is 2.76. The van der Waals surface area contributed by atoms with Gasteiger partial charge in [-0.15, -0.1) is 0 Å². The van der Waals surface area contributed by atoms with Crippen LogP contribution in [0.25, 0.3) is 0 Å². The first-order valence-electron chi connectivity index (χ1n) is 5.60. The van der Waals surface area contributed by atoms with E-state index in [2.05, 4.69) is 14.7 Å². The monoisotopic (exact) mass is 337 g/mol. The molecule has 114 valence electrons. The first-order chi connectivity index (χ1) is 9.66. The van der Waals surface area contributed by atoms with Crippen LogP contribution in [0.5, 0.6) is 0 Å². The van der Waals surface area contributed by atoms with Crippen molar-refractivity contribution in [1.29, 1.82) is 0 Å². The molecule has 1 aromatic carbocycles. The van der Waals surface area contributed by atoms with E-state index < -0.39 is 21.8 Å². The summed E-state index contributed by atoms with van der Waals surface area (Å²) in [6, 6.07) is 6.03. The largest absolute Gasteiger partial charge is 0.452 e. The van der Waals surface area contributed by atoms with E-state index in [4.69, 9.17) is 0 Å². The van der Waals surface area contributed by atoms with E-state index in [1.165, 1.54) is 12.1 Å². The molecule has 0 aliphatic rings. The van der Waals surface area contributed by atoms with Crippen molar-refractivity contribution in [3.8, 4) is 0 Å². The number of rotatable bonds is 4. The molecule has 1 N–H and O–H groups in total. The van der Waals surface area contributed by atoms with Crippen LogP contribution in [-0.2, 0) is 22.6 Å². The van der Waals surface area contributed by atoms with Crippen molar-refractivity contribution >= 4 is 26.5 Å². The number of hydrogen-bond acceptors (Lipinski definition) is 6. The summed E-state index contributed by atoms with van der Waals surface area (Å²) < 4.78 is 62.7. The molecule has 10 heteroatoms. The second kappa shape index (κ2) is 5.60. The molecule has 0 saturated heterocycles. The molecular weight excluding hydrogens is 327 g/mol. The minimum absolute atomic E-state index is 0.0505. The number of nitrogens with zero attached hydrogens (tertiary/aromatic N) is 2. The van der Waals surface area contributed by atoms with Crippen molar-refractivity contribution in [3.63, 3.8) is 0 Å². The molecule has 5 nitrogen and oxygen atoms in total. The Morgan fingerprint density at radius 3 is 2.33 bits per heavy atom. The SMILES string of the molecule is CS(=O)(=O)c1ccc(CNc2nc(C(F)(F)F)ns2)cc1. The highest BCUT2D eigenvalue weighted by Crippen LogP contribution is 2.29. The van der Waals surface area contributed by atoms with E-state index in [0.29, 0.717) is 17.1 Å². The van der Waals surface area contributed by atoms with Gasteiger partial charge >= 0.3 is 6.18 Å². The van der Waals surface area contributed by atoms with Gasteiger partial charge in [0.1, 0.15) is 0 Å². The number of sulfone groups is 1. The fourth-order valence-electron chi connectivity index (χ4n) is 1.44. The van der Waals surface area contributed by atoms with E-state index in [9.17, 15) is 21.6 Å². The molecule has 0 radical (unpaired) electrons. The highest BCUT2D eigenvalue weighted by Gasteiger charge is 2.36. The van der Waals surface area contributed by atoms with Crippen LogP contribution in [-0.4, -0.2) is 24.0 Å². The molecule has 2 aromatic rings. The first-order valence-corrected chi connectivity index (χ1v) is 8.26. The fourth-order valence-corrected chi connectivity index (χ4v) is 2.65. The van der Waals surface area contributed by atoms with Crippen molar-refractivity contribution < 1.29 is 21.6 Å². The third kappa shape index (κ3) is 4.14. The summed E-state index contributed by atoms with van der Waals surface area (Å²) in [5.41, 5.74) is 0.714. The van der Waals surface area contributed by atoms with E-state index in [1.54, 1.807) is 12.1 Å². The van der Waals surface area contributed by atoms with E-state index in [-0.39, 0.29) is 16.6 Å². The number of benzene rings is 1. The third-order valence-corrected chi connectivity index (χ3v) is 4.28. The molecule has 0 aliphatic carbocycles. The maximum absolute atomic E-state index is 12.3. The van der Waals surface area contributed by atoms with Gasteiger partial charge in [0.15, 0.2) is 9.84 Å². The summed E-state index contributed by atoms with van der Waals surface area (Å²) in [7, 11) is -3.27. The van der Waals surface area contributed by atoms with Gasteiger partial charge in [-0.3, -0.25) is 0 Å². The highest BCUT2D eigenvalue weighted by atomic mass is 32.2. The molecule has 1 aromatic heterocycles. The van der Waals surface area contributed by atoms with E-state index >= 15 is 0 Å². The number of aromatic nitrogens is 2. The first kappa shape index (κ1) is 15.7. The minimum Gasteiger partial charge on any atom is -0.356 e. The molecule has 0 atom stereocenters. The lowest BCUT2D eigenvalue weighted by Crippen LogP contribution is -2.07. The van der Waals surface area contributed by atoms with Crippen molar-refractivity contribution in [3.05, 3.63) is 35.7 Å². The predicted molar refractivity (Wildman–Crippen MR) is 71.8 cm³/mol. The molecule has 0 aliphatic heterocycles. The summed E-state index contributed by atoms with van der Waals surface area (Å²) in [6.07, 6.45) is -3.46. The Balaban J connectivity index is 2.02. The molecule has 2 rings (SSSR count). The number of halogens is 3. The Morgan fingerprint density at radius 2 is 1.86 bits per heavy atom. The standard InChI is InChI=1S/C11H10F3N3O2S2/c1-21(18,19)8-4-2-7(3-5-8)6-15-10-16-9(17-20-10)11(12,13)14/h2-5H,6H2,1H3,(H,15,16,17). The van der Waals surface area contributed by atoms with Crippen LogP contribution >= 0.6 is 11.5 Å². The van der Waals surface area contributed by atoms with Crippen LogP contribution in [0.4, 0.5) is 18.3 Å². The zero-order valence-corrected chi connectivity index (χ0v) is 12.3. The molecule has 21 heavy (non-hydrogen) atoms. The average Bonchev–Trinajstić information content (AvgIpc) is 2.84. The van der Waals surface area contributed by atoms with Gasteiger partial charge in [-0.25, -0.2) is 8.42 Å². The van der Waals surface area contributed by atoms with Crippen LogP contribution in [0.15, 0.2) is 29.2 Å². The second-order valence-electron chi connectivity index (χ2n) is 4.19. The van der Waals surface area contributed by atoms with Crippen molar-refractivity contribution in [2.45, 2.75) is 17.6 Å². The smallest absolute Gasteiger partial charge is 0.356 e. The van der Waals surface area contributed by atoms with Crippen LogP contribution in [0.1, 0.15) is 11.4 Å². The van der Waals surface area contributed by atoms with E-state index in [1.807, 2.05) is 0 Å². The molecule has 0 bridgehead atoms. The van der Waals surface area contributed by atoms with Crippen molar-refractivity contribution in [1.82, 2.24) is 9.36 Å². The summed E-state index contributed by atoms with van der Waals surface area (Å²) in [4.78, 5) is 3.51. The molecule has 0 amide bonds. The van der Waals surface area contributed by atoms with Crippen molar-refractivity contribution in [2.75, 3.05) is 11.6 Å². The molecular formula is C11H10F3N3O2S2. The lowest BCUT2D eigenvalue weighted by atomic mass is 10.2. The Labute approximate surface area is 122 Å². The maximum Gasteiger partial charge on any atom is 0.452 e. The number of alkyl halides is 3. The normalized spacial score (nSPS) is 12.4. The maximum atomic E-state index is 12.3. The Hall–Kier alpha value is -1.68. The highest BCUT2D eigenvalue weighted by molar-refractivity contribution is 7.90. The van der Waals surface area contributed by atoms with Gasteiger partial charge in [-0.05, 0) is 17.7 Å². The summed E-state index contributed by atoms with van der Waals surface area (Å²) in [6.45, 7) is 0.219. The van der Waals surface area contributed by atoms with Gasteiger partial charge < -0.3 is 5.32 Å². The third-order valence-electron chi connectivity index (χ3n) is 2.47. The van der Waals surface area contributed by atoms with Gasteiger partial charge in [0, 0.05) is 24.3 Å².